The summed E-state index contributed by atoms with van der Waals surface area (Å²) in [7, 11) is 3.99. The summed E-state index contributed by atoms with van der Waals surface area (Å²) < 4.78 is 2.00. The number of fused-ring (bicyclic) bond motifs is 1. The molecule has 8 nitrogen and oxygen atoms in total. The lowest BCUT2D eigenvalue weighted by molar-refractivity contribution is -0.126. The molecular formula is C28H35ClN6O2. The number of nitrogens with zero attached hydrogens (tertiary/aromatic N) is 5. The van der Waals surface area contributed by atoms with Gasteiger partial charge in [0.2, 0.25) is 11.9 Å². The first-order valence-corrected chi connectivity index (χ1v) is 13.0. The number of nitrogens with one attached hydrogen (secondary N) is 1. The maximum absolute atomic E-state index is 13.2. The molecule has 0 bridgehead atoms. The highest BCUT2D eigenvalue weighted by Crippen LogP contribution is 2.34. The maximum atomic E-state index is 13.2. The first-order chi connectivity index (χ1) is 17.6. The molecule has 1 N–H and O–H groups in total. The van der Waals surface area contributed by atoms with Gasteiger partial charge in [-0.3, -0.25) is 19.9 Å². The highest BCUT2D eigenvalue weighted by atomic mass is 35.5. The van der Waals surface area contributed by atoms with Gasteiger partial charge in [-0.25, -0.2) is 4.98 Å². The van der Waals surface area contributed by atoms with E-state index in [9.17, 15) is 9.59 Å². The van der Waals surface area contributed by atoms with Crippen LogP contribution in [0.3, 0.4) is 0 Å². The molecule has 1 saturated heterocycles. The number of rotatable bonds is 6. The summed E-state index contributed by atoms with van der Waals surface area (Å²) in [5.74, 6) is 0.134. The van der Waals surface area contributed by atoms with Crippen molar-refractivity contribution >= 4 is 40.4 Å². The smallest absolute Gasteiger partial charge is 0.258 e. The van der Waals surface area contributed by atoms with Crippen molar-refractivity contribution in [2.45, 2.75) is 51.6 Å². The van der Waals surface area contributed by atoms with Gasteiger partial charge < -0.3 is 14.4 Å². The largest absolute Gasteiger partial charge is 0.337 e. The zero-order valence-corrected chi connectivity index (χ0v) is 22.9. The molecule has 0 unspecified atom stereocenters. The third-order valence-electron chi connectivity index (χ3n) is 7.15. The Balaban J connectivity index is 1.68. The summed E-state index contributed by atoms with van der Waals surface area (Å²) in [6, 6.07) is 8.88. The van der Waals surface area contributed by atoms with Crippen molar-refractivity contribution in [3.8, 4) is 0 Å². The molecule has 1 aliphatic heterocycles. The molecule has 2 amide bonds. The second-order valence-corrected chi connectivity index (χ2v) is 10.8. The van der Waals surface area contributed by atoms with Crippen LogP contribution in [0.4, 0.5) is 5.95 Å². The maximum Gasteiger partial charge on any atom is 0.258 e. The van der Waals surface area contributed by atoms with Gasteiger partial charge in [0.05, 0.1) is 22.1 Å². The normalized spacial score (nSPS) is 16.9. The summed E-state index contributed by atoms with van der Waals surface area (Å²) in [4.78, 5) is 39.2. The lowest BCUT2D eigenvalue weighted by Gasteiger charge is -2.30. The number of likely N-dealkylation sites (tertiary alicyclic amines) is 1. The number of hydrogen-bond donors (Lipinski definition) is 1. The minimum absolute atomic E-state index is 0.0183. The molecular weight excluding hydrogens is 488 g/mol. The quantitative estimate of drug-likeness (QED) is 0.456. The van der Waals surface area contributed by atoms with Gasteiger partial charge >= 0.3 is 0 Å². The molecule has 0 radical (unpaired) electrons. The number of aromatic nitrogens is 3. The highest BCUT2D eigenvalue weighted by molar-refractivity contribution is 6.35. The fraction of sp³-hybridized carbons (Fsp3) is 0.429. The van der Waals surface area contributed by atoms with E-state index in [1.807, 2.05) is 54.8 Å². The van der Waals surface area contributed by atoms with E-state index in [0.29, 0.717) is 35.1 Å². The van der Waals surface area contributed by atoms with E-state index in [2.05, 4.69) is 29.0 Å². The lowest BCUT2D eigenvalue weighted by atomic mass is 10.0. The molecule has 1 aromatic carbocycles. The van der Waals surface area contributed by atoms with Gasteiger partial charge in [-0.15, -0.1) is 0 Å². The number of benzene rings is 1. The topological polar surface area (TPSA) is 83.4 Å². The van der Waals surface area contributed by atoms with Crippen LogP contribution < -0.4 is 5.32 Å². The Morgan fingerprint density at radius 2 is 2.00 bits per heavy atom. The summed E-state index contributed by atoms with van der Waals surface area (Å²) in [6.07, 6.45) is 7.93. The lowest BCUT2D eigenvalue weighted by Crippen LogP contribution is -2.38. The first-order valence-electron chi connectivity index (χ1n) is 12.6. The fourth-order valence-corrected chi connectivity index (χ4v) is 4.73. The Morgan fingerprint density at radius 3 is 2.73 bits per heavy atom. The van der Waals surface area contributed by atoms with Crippen LogP contribution in [0.25, 0.3) is 11.0 Å². The van der Waals surface area contributed by atoms with E-state index in [1.165, 1.54) is 0 Å². The number of imidazole rings is 1. The van der Waals surface area contributed by atoms with Crippen molar-refractivity contribution in [1.29, 1.82) is 0 Å². The van der Waals surface area contributed by atoms with Gasteiger partial charge in [-0.05, 0) is 78.4 Å². The van der Waals surface area contributed by atoms with Crippen LogP contribution in [0.2, 0.25) is 5.02 Å². The van der Waals surface area contributed by atoms with Crippen molar-refractivity contribution < 1.29 is 9.59 Å². The van der Waals surface area contributed by atoms with Crippen LogP contribution in [-0.2, 0) is 4.79 Å². The van der Waals surface area contributed by atoms with Gasteiger partial charge in [0.1, 0.15) is 0 Å². The molecule has 0 saturated carbocycles. The average molecular weight is 523 g/mol. The number of anilines is 1. The van der Waals surface area contributed by atoms with Gasteiger partial charge in [0, 0.05) is 42.2 Å². The number of para-hydroxylation sites is 1. The van der Waals surface area contributed by atoms with E-state index in [4.69, 9.17) is 16.6 Å². The van der Waals surface area contributed by atoms with Crippen LogP contribution in [0.5, 0.6) is 0 Å². The molecule has 196 valence electrons. The zero-order valence-electron chi connectivity index (χ0n) is 22.2. The molecule has 3 aromatic rings. The van der Waals surface area contributed by atoms with E-state index in [1.54, 1.807) is 24.4 Å². The van der Waals surface area contributed by atoms with Crippen molar-refractivity contribution in [3.05, 3.63) is 65.0 Å². The van der Waals surface area contributed by atoms with E-state index in [0.717, 1.165) is 30.5 Å². The van der Waals surface area contributed by atoms with E-state index < -0.39 is 0 Å². The predicted octanol–water partition coefficient (Wildman–Crippen LogP) is 5.10. The van der Waals surface area contributed by atoms with Crippen molar-refractivity contribution in [2.75, 3.05) is 32.5 Å². The number of pyridine rings is 1. The summed E-state index contributed by atoms with van der Waals surface area (Å²) >= 11 is 6.66. The molecule has 1 fully saturated rings. The number of hydrogen-bond acceptors (Lipinski definition) is 5. The summed E-state index contributed by atoms with van der Waals surface area (Å²) in [5, 5.41) is 3.55. The minimum atomic E-state index is -0.270. The molecule has 0 aliphatic carbocycles. The third kappa shape index (κ3) is 6.02. The fourth-order valence-electron chi connectivity index (χ4n) is 4.47. The number of carbonyl (C=O) groups is 2. The van der Waals surface area contributed by atoms with Gasteiger partial charge in [0.15, 0.2) is 0 Å². The van der Waals surface area contributed by atoms with Crippen LogP contribution in [0.1, 0.15) is 55.2 Å². The van der Waals surface area contributed by atoms with Crippen LogP contribution >= 0.6 is 11.6 Å². The number of amides is 2. The average Bonchev–Trinajstić information content (AvgIpc) is 3.04. The monoisotopic (exact) mass is 522 g/mol. The summed E-state index contributed by atoms with van der Waals surface area (Å²) in [5.41, 5.74) is 2.48. The van der Waals surface area contributed by atoms with Crippen molar-refractivity contribution in [3.63, 3.8) is 0 Å². The third-order valence-corrected chi connectivity index (χ3v) is 7.46. The van der Waals surface area contributed by atoms with E-state index >= 15 is 0 Å². The molecule has 4 rings (SSSR count). The Labute approximate surface area is 223 Å². The Morgan fingerprint density at radius 1 is 1.22 bits per heavy atom. The second-order valence-electron chi connectivity index (χ2n) is 10.4. The van der Waals surface area contributed by atoms with Gasteiger partial charge in [-0.1, -0.05) is 23.7 Å². The Kier molecular flexibility index (Phi) is 7.99. The van der Waals surface area contributed by atoms with Gasteiger partial charge in [-0.2, -0.15) is 0 Å². The number of likely N-dealkylation sites (N-methyl/N-ethyl adjacent to an activating group) is 1. The molecule has 1 aliphatic rings. The predicted molar refractivity (Wildman–Crippen MR) is 148 cm³/mol. The molecule has 1 atom stereocenters. The number of carbonyl (C=O) groups excluding carboxylic acids is 2. The van der Waals surface area contributed by atoms with Crippen LogP contribution in [-0.4, -0.2) is 68.9 Å². The van der Waals surface area contributed by atoms with E-state index in [-0.39, 0.29) is 23.4 Å². The molecule has 9 heteroatoms. The highest BCUT2D eigenvalue weighted by Gasteiger charge is 2.28. The molecule has 0 spiro atoms. The van der Waals surface area contributed by atoms with Gasteiger partial charge in [0.25, 0.3) is 5.91 Å². The van der Waals surface area contributed by atoms with Crippen molar-refractivity contribution in [1.82, 2.24) is 24.3 Å². The Hall–Kier alpha value is -3.23. The summed E-state index contributed by atoms with van der Waals surface area (Å²) in [6.45, 7) is 7.17. The van der Waals surface area contributed by atoms with Crippen LogP contribution in [0, 0.1) is 6.92 Å². The van der Waals surface area contributed by atoms with Crippen molar-refractivity contribution in [2.24, 2.45) is 0 Å². The Bertz CT molecular complexity index is 1330. The molecule has 2 aromatic heterocycles. The first kappa shape index (κ1) is 26.8. The second kappa shape index (κ2) is 11.0. The zero-order chi connectivity index (χ0) is 26.7. The molecule has 3 heterocycles. The minimum Gasteiger partial charge on any atom is -0.337 e. The molecule has 37 heavy (non-hydrogen) atoms. The number of aryl methyl sites for hydroxylation is 1. The standard InChI is InChI=1S/C28H35ClN6O2/c1-19-17-20(13-15-30-19)26(37)32-27-31-23-11-8-10-22(29)25(23)35(27)21-9-6-7-16-34(18-21)24(36)12-14-28(2,3)33(4)5/h8,10-15,17,21H,6-7,9,16,18H2,1-5H3,(H,31,32,37)/b14-12+/t21-/m1/s1. The SMILES string of the molecule is Cc1cc(C(=O)Nc2nc3cccc(Cl)c3n2[C@@H]2CCCCN(C(=O)/C=C/C(C)(C)N(C)C)C2)ccn1. The number of halogens is 1. The van der Waals surface area contributed by atoms with Crippen LogP contribution in [0.15, 0.2) is 48.7 Å².